The molecule has 2 heterocycles. The second kappa shape index (κ2) is 7.44. The number of aromatic nitrogens is 4. The Bertz CT molecular complexity index is 836. The van der Waals surface area contributed by atoms with Gasteiger partial charge in [-0.2, -0.15) is 10.2 Å². The normalized spacial score (nSPS) is 10.7. The average molecular weight is 355 g/mol. The highest BCUT2D eigenvalue weighted by molar-refractivity contribution is 5.85. The van der Waals surface area contributed by atoms with Crippen LogP contribution >= 0.6 is 12.4 Å². The third-order valence-electron chi connectivity index (χ3n) is 3.53. The number of nitrogens with zero attached hydrogens (tertiary/aromatic N) is 4. The fourth-order valence-corrected chi connectivity index (χ4v) is 2.28. The molecule has 4 nitrogen and oxygen atoms in total. The highest BCUT2D eigenvalue weighted by atomic mass is 35.5. The summed E-state index contributed by atoms with van der Waals surface area (Å²) in [6.07, 6.45) is 2.10. The zero-order valence-electron chi connectivity index (χ0n) is 12.7. The average Bonchev–Trinajstić information content (AvgIpc) is 2.93. The van der Waals surface area contributed by atoms with Gasteiger partial charge in [-0.1, -0.05) is 6.07 Å². The zero-order valence-corrected chi connectivity index (χ0v) is 13.5. The van der Waals surface area contributed by atoms with Gasteiger partial charge in [-0.05, 0) is 30.7 Å². The van der Waals surface area contributed by atoms with Gasteiger partial charge in [0.1, 0.15) is 11.6 Å². The Morgan fingerprint density at radius 3 is 2.62 bits per heavy atom. The van der Waals surface area contributed by atoms with Crippen molar-refractivity contribution in [3.05, 3.63) is 65.8 Å². The summed E-state index contributed by atoms with van der Waals surface area (Å²) in [6, 6.07) is 5.37. The molecule has 0 unspecified atom stereocenters. The van der Waals surface area contributed by atoms with Gasteiger partial charge in [0.2, 0.25) is 0 Å². The summed E-state index contributed by atoms with van der Waals surface area (Å²) >= 11 is 0. The molecule has 0 amide bonds. The van der Waals surface area contributed by atoms with Crippen molar-refractivity contribution in [3.63, 3.8) is 0 Å². The molecular formula is C16H14ClF3N4. The van der Waals surface area contributed by atoms with E-state index in [9.17, 15) is 13.2 Å². The van der Waals surface area contributed by atoms with Crippen molar-refractivity contribution in [2.24, 2.45) is 0 Å². The summed E-state index contributed by atoms with van der Waals surface area (Å²) in [5.41, 5.74) is 1.12. The van der Waals surface area contributed by atoms with Crippen LogP contribution in [0.1, 0.15) is 23.5 Å². The Balaban J connectivity index is 0.00000208. The predicted molar refractivity (Wildman–Crippen MR) is 85.7 cm³/mol. The lowest BCUT2D eigenvalue weighted by Gasteiger charge is -2.08. The SMILES string of the molecule is Cc1nccn1Cc1cc(-c2ccc(F)c(C(F)F)c2)cnn1.Cl. The van der Waals surface area contributed by atoms with Gasteiger partial charge < -0.3 is 4.57 Å². The minimum Gasteiger partial charge on any atom is -0.329 e. The molecule has 3 aromatic rings. The molecule has 0 aliphatic carbocycles. The smallest absolute Gasteiger partial charge is 0.266 e. The van der Waals surface area contributed by atoms with Crippen LogP contribution in [0.5, 0.6) is 0 Å². The van der Waals surface area contributed by atoms with Gasteiger partial charge in [0, 0.05) is 18.0 Å². The summed E-state index contributed by atoms with van der Waals surface area (Å²) < 4.78 is 40.9. The number of alkyl halides is 2. The molecule has 0 saturated heterocycles. The first-order valence-electron chi connectivity index (χ1n) is 6.92. The summed E-state index contributed by atoms with van der Waals surface area (Å²) in [4.78, 5) is 4.12. The van der Waals surface area contributed by atoms with Gasteiger partial charge in [0.05, 0.1) is 24.0 Å². The molecule has 2 aromatic heterocycles. The van der Waals surface area contributed by atoms with Crippen molar-refractivity contribution < 1.29 is 13.2 Å². The molecule has 24 heavy (non-hydrogen) atoms. The molecule has 0 aliphatic heterocycles. The maximum Gasteiger partial charge on any atom is 0.266 e. The van der Waals surface area contributed by atoms with Crippen LogP contribution in [0.15, 0.2) is 42.9 Å². The summed E-state index contributed by atoms with van der Waals surface area (Å²) in [7, 11) is 0. The lowest BCUT2D eigenvalue weighted by Crippen LogP contribution is -2.04. The number of hydrogen-bond donors (Lipinski definition) is 0. The molecule has 0 saturated carbocycles. The molecule has 0 radical (unpaired) electrons. The Morgan fingerprint density at radius 1 is 1.17 bits per heavy atom. The van der Waals surface area contributed by atoms with Gasteiger partial charge in [0.15, 0.2) is 0 Å². The number of benzene rings is 1. The summed E-state index contributed by atoms with van der Waals surface area (Å²) in [6.45, 7) is 2.34. The van der Waals surface area contributed by atoms with E-state index in [4.69, 9.17) is 0 Å². The number of halogens is 4. The molecule has 1 aromatic carbocycles. The highest BCUT2D eigenvalue weighted by Gasteiger charge is 2.14. The topological polar surface area (TPSA) is 43.6 Å². The molecule has 0 aliphatic rings. The Hall–Kier alpha value is -2.41. The fraction of sp³-hybridized carbons (Fsp3) is 0.188. The van der Waals surface area contributed by atoms with Crippen LogP contribution < -0.4 is 0 Å². The lowest BCUT2D eigenvalue weighted by molar-refractivity contribution is 0.146. The van der Waals surface area contributed by atoms with Crippen LogP contribution in [0.3, 0.4) is 0 Å². The molecule has 126 valence electrons. The first kappa shape index (κ1) is 17.9. The van der Waals surface area contributed by atoms with Gasteiger partial charge in [-0.3, -0.25) is 0 Å². The molecule has 0 fully saturated rings. The maximum atomic E-state index is 13.4. The largest absolute Gasteiger partial charge is 0.329 e. The van der Waals surface area contributed by atoms with E-state index in [0.717, 1.165) is 18.0 Å². The van der Waals surface area contributed by atoms with Crippen LogP contribution in [0, 0.1) is 12.7 Å². The van der Waals surface area contributed by atoms with E-state index in [-0.39, 0.29) is 12.4 Å². The minimum absolute atomic E-state index is 0. The molecule has 8 heteroatoms. The van der Waals surface area contributed by atoms with E-state index in [1.807, 2.05) is 17.7 Å². The standard InChI is InChI=1S/C16H13F3N4.ClH/c1-10-20-4-5-23(10)9-13-6-12(8-21-22-13)11-2-3-15(17)14(7-11)16(18)19;/h2-8,16H,9H2,1H3;1H. The number of imidazole rings is 1. The van der Waals surface area contributed by atoms with Crippen molar-refractivity contribution >= 4 is 12.4 Å². The minimum atomic E-state index is -2.86. The monoisotopic (exact) mass is 354 g/mol. The van der Waals surface area contributed by atoms with Gasteiger partial charge in [-0.25, -0.2) is 18.2 Å². The van der Waals surface area contributed by atoms with E-state index >= 15 is 0 Å². The molecular weight excluding hydrogens is 341 g/mol. The van der Waals surface area contributed by atoms with Crippen LogP contribution in [-0.2, 0) is 6.54 Å². The Kier molecular flexibility index (Phi) is 5.56. The van der Waals surface area contributed by atoms with Crippen molar-refractivity contribution in [3.8, 4) is 11.1 Å². The van der Waals surface area contributed by atoms with Crippen molar-refractivity contribution in [1.29, 1.82) is 0 Å². The second-order valence-electron chi connectivity index (χ2n) is 5.07. The fourth-order valence-electron chi connectivity index (χ4n) is 2.28. The number of aryl methyl sites for hydroxylation is 1. The van der Waals surface area contributed by atoms with Crippen molar-refractivity contribution in [2.45, 2.75) is 19.9 Å². The van der Waals surface area contributed by atoms with Gasteiger partial charge >= 0.3 is 0 Å². The van der Waals surface area contributed by atoms with E-state index in [1.165, 1.54) is 12.3 Å². The molecule has 3 rings (SSSR count). The van der Waals surface area contributed by atoms with Crippen molar-refractivity contribution in [1.82, 2.24) is 19.7 Å². The highest BCUT2D eigenvalue weighted by Crippen LogP contribution is 2.28. The van der Waals surface area contributed by atoms with Crippen molar-refractivity contribution in [2.75, 3.05) is 0 Å². The molecule has 0 bridgehead atoms. The quantitative estimate of drug-likeness (QED) is 0.705. The maximum absolute atomic E-state index is 13.4. The van der Waals surface area contributed by atoms with Crippen LogP contribution in [0.4, 0.5) is 13.2 Å². The summed E-state index contributed by atoms with van der Waals surface area (Å²) in [5.74, 6) is -0.0843. The van der Waals surface area contributed by atoms with Crippen LogP contribution in [-0.4, -0.2) is 19.7 Å². The predicted octanol–water partition coefficient (Wildman–Crippen LogP) is 4.20. The van der Waals surface area contributed by atoms with Crippen LogP contribution in [0.2, 0.25) is 0 Å². The van der Waals surface area contributed by atoms with Gasteiger partial charge in [-0.15, -0.1) is 12.4 Å². The third-order valence-corrected chi connectivity index (χ3v) is 3.53. The lowest BCUT2D eigenvalue weighted by atomic mass is 10.0. The van der Waals surface area contributed by atoms with E-state index in [2.05, 4.69) is 15.2 Å². The summed E-state index contributed by atoms with van der Waals surface area (Å²) in [5, 5.41) is 7.94. The molecule has 0 spiro atoms. The Morgan fingerprint density at radius 2 is 1.96 bits per heavy atom. The first-order chi connectivity index (χ1) is 11.0. The molecule has 0 N–H and O–H groups in total. The van der Waals surface area contributed by atoms with Crippen LogP contribution in [0.25, 0.3) is 11.1 Å². The Labute approximate surface area is 142 Å². The number of rotatable bonds is 4. The second-order valence-corrected chi connectivity index (χ2v) is 5.07. The van der Waals surface area contributed by atoms with E-state index < -0.39 is 17.8 Å². The van der Waals surface area contributed by atoms with E-state index in [1.54, 1.807) is 12.3 Å². The third kappa shape index (κ3) is 3.73. The van der Waals surface area contributed by atoms with E-state index in [0.29, 0.717) is 23.4 Å². The molecule has 0 atom stereocenters. The first-order valence-corrected chi connectivity index (χ1v) is 6.92. The van der Waals surface area contributed by atoms with Gasteiger partial charge in [0.25, 0.3) is 6.43 Å². The zero-order chi connectivity index (χ0) is 16.4. The number of hydrogen-bond acceptors (Lipinski definition) is 3.